The summed E-state index contributed by atoms with van der Waals surface area (Å²) in [6, 6.07) is 16.4. The number of anilines is 1. The van der Waals surface area contributed by atoms with Gasteiger partial charge in [-0.05, 0) is 64.1 Å². The second kappa shape index (κ2) is 11.2. The summed E-state index contributed by atoms with van der Waals surface area (Å²) in [4.78, 5) is 23.5. The fourth-order valence-electron chi connectivity index (χ4n) is 2.95. The highest BCUT2D eigenvalue weighted by Crippen LogP contribution is 2.29. The summed E-state index contributed by atoms with van der Waals surface area (Å²) in [5.74, 6) is 8.30. The molecule has 0 radical (unpaired) electrons. The van der Waals surface area contributed by atoms with Crippen LogP contribution in [0.1, 0.15) is 32.6 Å². The van der Waals surface area contributed by atoms with Gasteiger partial charge in [-0.25, -0.2) is 19.7 Å². The number of amides is 1. The Hall–Kier alpha value is -3.87. The molecule has 0 fully saturated rings. The van der Waals surface area contributed by atoms with Crippen molar-refractivity contribution in [3.05, 3.63) is 77.2 Å². The Morgan fingerprint density at radius 2 is 1.64 bits per heavy atom. The maximum absolute atomic E-state index is 12.8. The molecule has 0 saturated carbocycles. The molecule has 1 unspecified atom stereocenters. The van der Waals surface area contributed by atoms with Crippen LogP contribution in [0, 0.1) is 11.8 Å². The first-order chi connectivity index (χ1) is 17.3. The second-order valence-corrected chi connectivity index (χ2v) is 10.5. The number of hydrogen-bond donors (Lipinski definition) is 0. The summed E-state index contributed by atoms with van der Waals surface area (Å²) < 4.78 is 17.2. The van der Waals surface area contributed by atoms with E-state index < -0.39 is 17.7 Å². The molecule has 36 heavy (non-hydrogen) atoms. The van der Waals surface area contributed by atoms with Crippen LogP contribution >= 0.6 is 22.7 Å². The standard InChI is InChI=1S/C27H25N3O4S2/c1-19(30(24-28-16-17-35-24)26(31)34-27(2,3)4)10-15-23-18-29-25(36-23)33-22-13-11-21(12-14-22)32-20-8-6-5-7-9-20/h5-9,11-14,16-19H,1-4H3. The zero-order valence-corrected chi connectivity index (χ0v) is 21.9. The third-order valence-electron chi connectivity index (χ3n) is 4.50. The molecule has 7 nitrogen and oxygen atoms in total. The Kier molecular flexibility index (Phi) is 7.88. The first-order valence-corrected chi connectivity index (χ1v) is 12.9. The number of benzene rings is 2. The number of rotatable bonds is 6. The number of thiazole rings is 2. The zero-order valence-electron chi connectivity index (χ0n) is 20.3. The highest BCUT2D eigenvalue weighted by atomic mass is 32.1. The van der Waals surface area contributed by atoms with Crippen molar-refractivity contribution in [3.8, 4) is 34.3 Å². The van der Waals surface area contributed by atoms with Gasteiger partial charge < -0.3 is 14.2 Å². The minimum atomic E-state index is -0.629. The first-order valence-electron chi connectivity index (χ1n) is 11.2. The SMILES string of the molecule is CC(C#Cc1cnc(Oc2ccc(Oc3ccccc3)cc2)s1)N(C(=O)OC(C)(C)C)c1nccs1. The molecule has 0 saturated heterocycles. The van der Waals surface area contributed by atoms with Crippen LogP contribution in [0.2, 0.25) is 0 Å². The third kappa shape index (κ3) is 7.07. The molecule has 2 aromatic heterocycles. The van der Waals surface area contributed by atoms with Crippen LogP contribution in [0.3, 0.4) is 0 Å². The monoisotopic (exact) mass is 519 g/mol. The van der Waals surface area contributed by atoms with E-state index in [9.17, 15) is 4.79 Å². The average molecular weight is 520 g/mol. The molecule has 0 aliphatic carbocycles. The van der Waals surface area contributed by atoms with E-state index in [0.29, 0.717) is 26.7 Å². The molecular weight excluding hydrogens is 494 g/mol. The van der Waals surface area contributed by atoms with E-state index in [0.717, 1.165) is 5.75 Å². The molecule has 0 aliphatic rings. The van der Waals surface area contributed by atoms with Crippen molar-refractivity contribution in [2.75, 3.05) is 4.90 Å². The number of para-hydroxylation sites is 1. The minimum Gasteiger partial charge on any atom is -0.457 e. The summed E-state index contributed by atoms with van der Waals surface area (Å²) in [5.41, 5.74) is -0.629. The van der Waals surface area contributed by atoms with Crippen LogP contribution in [0.15, 0.2) is 72.4 Å². The van der Waals surface area contributed by atoms with Crippen LogP contribution in [0.4, 0.5) is 9.93 Å². The maximum Gasteiger partial charge on any atom is 0.417 e. The van der Waals surface area contributed by atoms with Gasteiger partial charge in [0.1, 0.15) is 33.8 Å². The largest absolute Gasteiger partial charge is 0.457 e. The smallest absolute Gasteiger partial charge is 0.417 e. The Labute approximate surface area is 218 Å². The Morgan fingerprint density at radius 1 is 0.972 bits per heavy atom. The van der Waals surface area contributed by atoms with Gasteiger partial charge in [-0.3, -0.25) is 0 Å². The number of nitrogens with zero attached hydrogens (tertiary/aromatic N) is 3. The van der Waals surface area contributed by atoms with Gasteiger partial charge in [0.15, 0.2) is 5.13 Å². The van der Waals surface area contributed by atoms with E-state index in [1.807, 2.05) is 82.3 Å². The number of hydrogen-bond acceptors (Lipinski definition) is 8. The molecule has 184 valence electrons. The molecular formula is C27H25N3O4S2. The minimum absolute atomic E-state index is 0.463. The molecule has 0 aliphatic heterocycles. The van der Waals surface area contributed by atoms with E-state index in [1.54, 1.807) is 17.8 Å². The molecule has 2 aromatic carbocycles. The van der Waals surface area contributed by atoms with E-state index in [-0.39, 0.29) is 0 Å². The van der Waals surface area contributed by atoms with Gasteiger partial charge in [0.25, 0.3) is 5.19 Å². The van der Waals surface area contributed by atoms with Gasteiger partial charge >= 0.3 is 6.09 Å². The van der Waals surface area contributed by atoms with Crippen molar-refractivity contribution < 1.29 is 19.0 Å². The summed E-state index contributed by atoms with van der Waals surface area (Å²) in [7, 11) is 0. The Morgan fingerprint density at radius 3 is 2.28 bits per heavy atom. The van der Waals surface area contributed by atoms with Crippen LogP contribution in [0.5, 0.6) is 22.4 Å². The van der Waals surface area contributed by atoms with Gasteiger partial charge in [0.2, 0.25) is 0 Å². The molecule has 0 spiro atoms. The van der Waals surface area contributed by atoms with Crippen LogP contribution < -0.4 is 14.4 Å². The van der Waals surface area contributed by atoms with E-state index >= 15 is 0 Å². The fraction of sp³-hybridized carbons (Fsp3) is 0.222. The molecule has 0 bridgehead atoms. The van der Waals surface area contributed by atoms with E-state index in [2.05, 4.69) is 21.8 Å². The maximum atomic E-state index is 12.8. The van der Waals surface area contributed by atoms with Gasteiger partial charge in [-0.1, -0.05) is 41.4 Å². The van der Waals surface area contributed by atoms with E-state index in [1.165, 1.54) is 27.6 Å². The summed E-state index contributed by atoms with van der Waals surface area (Å²) in [6.07, 6.45) is 2.80. The molecule has 1 amide bonds. The topological polar surface area (TPSA) is 73.8 Å². The normalized spacial score (nSPS) is 11.7. The number of carbonyl (C=O) groups excluding carboxylic acids is 1. The van der Waals surface area contributed by atoms with Gasteiger partial charge in [-0.15, -0.1) is 11.3 Å². The molecule has 1 atom stereocenters. The number of carbonyl (C=O) groups is 1. The average Bonchev–Trinajstić information content (AvgIpc) is 3.51. The predicted molar refractivity (Wildman–Crippen MR) is 142 cm³/mol. The summed E-state index contributed by atoms with van der Waals surface area (Å²) >= 11 is 2.67. The zero-order chi connectivity index (χ0) is 25.5. The Balaban J connectivity index is 1.40. The highest BCUT2D eigenvalue weighted by molar-refractivity contribution is 7.14. The lowest BCUT2D eigenvalue weighted by molar-refractivity contribution is 0.0575. The number of aromatic nitrogens is 2. The second-order valence-electron chi connectivity index (χ2n) is 8.59. The third-order valence-corrected chi connectivity index (χ3v) is 6.06. The van der Waals surface area contributed by atoms with Crippen LogP contribution in [-0.4, -0.2) is 27.7 Å². The number of ether oxygens (including phenoxy) is 3. The van der Waals surface area contributed by atoms with Crippen molar-refractivity contribution in [1.82, 2.24) is 9.97 Å². The van der Waals surface area contributed by atoms with Crippen molar-refractivity contribution in [3.63, 3.8) is 0 Å². The summed E-state index contributed by atoms with van der Waals surface area (Å²) in [5, 5.41) is 2.80. The van der Waals surface area contributed by atoms with Crippen LogP contribution in [0.25, 0.3) is 0 Å². The van der Waals surface area contributed by atoms with Gasteiger partial charge in [-0.2, -0.15) is 0 Å². The quantitative estimate of drug-likeness (QED) is 0.248. The predicted octanol–water partition coefficient (Wildman–Crippen LogP) is 7.37. The molecule has 0 N–H and O–H groups in total. The Bertz CT molecular complexity index is 1340. The van der Waals surface area contributed by atoms with Crippen LogP contribution in [-0.2, 0) is 4.74 Å². The van der Waals surface area contributed by atoms with Crippen molar-refractivity contribution in [2.45, 2.75) is 39.3 Å². The molecule has 4 rings (SSSR count). The molecule has 4 aromatic rings. The lowest BCUT2D eigenvalue weighted by Gasteiger charge is -2.27. The lowest BCUT2D eigenvalue weighted by Crippen LogP contribution is -2.41. The first kappa shape index (κ1) is 25.2. The van der Waals surface area contributed by atoms with Crippen molar-refractivity contribution in [2.24, 2.45) is 0 Å². The van der Waals surface area contributed by atoms with Crippen molar-refractivity contribution in [1.29, 1.82) is 0 Å². The van der Waals surface area contributed by atoms with Gasteiger partial charge in [0.05, 0.1) is 6.20 Å². The molecule has 2 heterocycles. The molecule has 9 heteroatoms. The highest BCUT2D eigenvalue weighted by Gasteiger charge is 2.28. The van der Waals surface area contributed by atoms with Gasteiger partial charge in [0, 0.05) is 11.6 Å². The van der Waals surface area contributed by atoms with E-state index in [4.69, 9.17) is 14.2 Å². The fourth-order valence-corrected chi connectivity index (χ4v) is 4.31. The summed E-state index contributed by atoms with van der Waals surface area (Å²) in [6.45, 7) is 7.30. The lowest BCUT2D eigenvalue weighted by atomic mass is 10.2. The van der Waals surface area contributed by atoms with Crippen molar-refractivity contribution >= 4 is 33.9 Å².